The molecule has 2 rings (SSSR count). The maximum Gasteiger partial charge on any atom is 0.0982 e. The SMILES string of the molecule is C=C/C(C)=C/C=C/C(C)=C/C=C/C=C(C)/C=C/C=C(\C)C1C=C2C(C)(C)CCCC2(C)O1. The van der Waals surface area contributed by atoms with E-state index in [0.29, 0.717) is 0 Å². The fourth-order valence-electron chi connectivity index (χ4n) is 4.46. The molecule has 0 aromatic rings. The molecule has 1 nitrogen and oxygen atoms in total. The van der Waals surface area contributed by atoms with E-state index in [1.54, 1.807) is 0 Å². The molecule has 1 heterocycles. The summed E-state index contributed by atoms with van der Waals surface area (Å²) in [5.41, 5.74) is 6.48. The molecule has 1 aliphatic carbocycles. The van der Waals surface area contributed by atoms with Crippen LogP contribution in [0.25, 0.3) is 0 Å². The lowest BCUT2D eigenvalue weighted by Gasteiger charge is -2.42. The lowest BCUT2D eigenvalue weighted by molar-refractivity contribution is -0.0307. The van der Waals surface area contributed by atoms with Gasteiger partial charge in [-0.25, -0.2) is 0 Å². The Balaban J connectivity index is 1.94. The first-order valence-electron chi connectivity index (χ1n) is 11.8. The monoisotopic (exact) mass is 430 g/mol. The van der Waals surface area contributed by atoms with Gasteiger partial charge in [-0.05, 0) is 76.5 Å². The molecule has 0 spiro atoms. The van der Waals surface area contributed by atoms with Gasteiger partial charge in [0.2, 0.25) is 0 Å². The van der Waals surface area contributed by atoms with Crippen molar-refractivity contribution >= 4 is 0 Å². The van der Waals surface area contributed by atoms with Gasteiger partial charge in [-0.3, -0.25) is 0 Å². The quantitative estimate of drug-likeness (QED) is 0.276. The lowest BCUT2D eigenvalue weighted by atomic mass is 9.67. The Morgan fingerprint density at radius 2 is 1.41 bits per heavy atom. The lowest BCUT2D eigenvalue weighted by Crippen LogP contribution is -2.39. The minimum atomic E-state index is -0.0898. The predicted octanol–water partition coefficient (Wildman–Crippen LogP) is 8.92. The smallest absolute Gasteiger partial charge is 0.0982 e. The van der Waals surface area contributed by atoms with E-state index in [-0.39, 0.29) is 17.1 Å². The summed E-state index contributed by atoms with van der Waals surface area (Å²) in [7, 11) is 0. The third-order valence-electron chi connectivity index (χ3n) is 6.50. The zero-order valence-corrected chi connectivity index (χ0v) is 21.2. The van der Waals surface area contributed by atoms with Crippen molar-refractivity contribution in [3.05, 3.63) is 107 Å². The Kier molecular flexibility index (Phi) is 9.28. The highest BCUT2D eigenvalue weighted by Gasteiger charge is 2.47. The molecule has 1 saturated carbocycles. The van der Waals surface area contributed by atoms with Gasteiger partial charge in [-0.1, -0.05) is 104 Å². The Labute approximate surface area is 197 Å². The standard InChI is InChI=1S/C31H42O/c1-9-24(2)17-12-18-25(3)15-10-11-16-26(4)19-13-20-27(5)28-23-29-30(6,7)21-14-22-31(29,8)32-28/h9-13,15-20,23,28H,1,14,21-22H2,2-8H3/b11-10+,18-12+,19-13+,24-17+,25-15+,26-16+,27-20+. The Morgan fingerprint density at radius 1 is 0.844 bits per heavy atom. The van der Waals surface area contributed by atoms with Gasteiger partial charge < -0.3 is 4.74 Å². The normalized spacial score (nSPS) is 27.5. The van der Waals surface area contributed by atoms with Crippen LogP contribution in [0.3, 0.4) is 0 Å². The molecule has 0 N–H and O–H groups in total. The molecule has 1 aliphatic heterocycles. The van der Waals surface area contributed by atoms with Gasteiger partial charge in [0.05, 0.1) is 11.7 Å². The second kappa shape index (κ2) is 11.5. The van der Waals surface area contributed by atoms with Crippen LogP contribution in [-0.2, 0) is 4.74 Å². The Bertz CT molecular complexity index is 924. The summed E-state index contributed by atoms with van der Waals surface area (Å²) in [4.78, 5) is 0. The maximum absolute atomic E-state index is 6.52. The minimum Gasteiger partial charge on any atom is -0.359 e. The van der Waals surface area contributed by atoms with Crippen LogP contribution in [-0.4, -0.2) is 11.7 Å². The molecular formula is C31H42O. The van der Waals surface area contributed by atoms with Crippen molar-refractivity contribution in [3.8, 4) is 0 Å². The van der Waals surface area contributed by atoms with Gasteiger partial charge >= 0.3 is 0 Å². The van der Waals surface area contributed by atoms with Crippen molar-refractivity contribution in [1.29, 1.82) is 0 Å². The molecule has 1 fully saturated rings. The summed E-state index contributed by atoms with van der Waals surface area (Å²) in [6.45, 7) is 19.2. The largest absolute Gasteiger partial charge is 0.359 e. The molecule has 0 aromatic carbocycles. The van der Waals surface area contributed by atoms with Crippen LogP contribution in [0.1, 0.15) is 67.7 Å². The van der Waals surface area contributed by atoms with Crippen molar-refractivity contribution in [3.63, 3.8) is 0 Å². The highest BCUT2D eigenvalue weighted by molar-refractivity contribution is 5.37. The topological polar surface area (TPSA) is 9.23 Å². The second-order valence-electron chi connectivity index (χ2n) is 10.0. The van der Waals surface area contributed by atoms with Gasteiger partial charge in [0.1, 0.15) is 0 Å². The van der Waals surface area contributed by atoms with Crippen LogP contribution >= 0.6 is 0 Å². The highest BCUT2D eigenvalue weighted by Crippen LogP contribution is 2.51. The van der Waals surface area contributed by atoms with Gasteiger partial charge in [-0.2, -0.15) is 0 Å². The molecule has 0 radical (unpaired) electrons. The third-order valence-corrected chi connectivity index (χ3v) is 6.50. The van der Waals surface area contributed by atoms with Gasteiger partial charge in [0.25, 0.3) is 0 Å². The van der Waals surface area contributed by atoms with E-state index in [1.807, 2.05) is 13.0 Å². The van der Waals surface area contributed by atoms with Crippen molar-refractivity contribution in [1.82, 2.24) is 0 Å². The summed E-state index contributed by atoms with van der Waals surface area (Å²) in [6.07, 6.45) is 29.0. The highest BCUT2D eigenvalue weighted by atomic mass is 16.5. The van der Waals surface area contributed by atoms with E-state index in [4.69, 9.17) is 4.74 Å². The van der Waals surface area contributed by atoms with Gasteiger partial charge in [-0.15, -0.1) is 0 Å². The fourth-order valence-corrected chi connectivity index (χ4v) is 4.46. The molecule has 2 aliphatic rings. The Morgan fingerprint density at radius 3 is 1.97 bits per heavy atom. The van der Waals surface area contributed by atoms with Crippen LogP contribution in [0.15, 0.2) is 107 Å². The Hall–Kier alpha value is -2.38. The molecular weight excluding hydrogens is 388 g/mol. The molecule has 2 unspecified atom stereocenters. The van der Waals surface area contributed by atoms with Crippen molar-refractivity contribution < 1.29 is 4.74 Å². The average Bonchev–Trinajstić information content (AvgIpc) is 3.10. The van der Waals surface area contributed by atoms with E-state index in [1.165, 1.54) is 35.1 Å². The van der Waals surface area contributed by atoms with Gasteiger partial charge in [0, 0.05) is 0 Å². The van der Waals surface area contributed by atoms with Crippen LogP contribution in [0, 0.1) is 5.41 Å². The molecule has 32 heavy (non-hydrogen) atoms. The van der Waals surface area contributed by atoms with E-state index < -0.39 is 0 Å². The summed E-state index contributed by atoms with van der Waals surface area (Å²) in [6, 6.07) is 0. The maximum atomic E-state index is 6.52. The van der Waals surface area contributed by atoms with E-state index in [0.717, 1.165) is 12.0 Å². The molecule has 0 saturated heterocycles. The molecule has 0 bridgehead atoms. The first-order chi connectivity index (χ1) is 15.1. The van der Waals surface area contributed by atoms with Crippen LogP contribution < -0.4 is 0 Å². The first kappa shape index (κ1) is 25.9. The zero-order valence-electron chi connectivity index (χ0n) is 21.2. The van der Waals surface area contributed by atoms with Crippen molar-refractivity contribution in [2.24, 2.45) is 5.41 Å². The number of hydrogen-bond acceptors (Lipinski definition) is 1. The van der Waals surface area contributed by atoms with E-state index in [2.05, 4.69) is 115 Å². The number of fused-ring (bicyclic) bond motifs is 1. The third kappa shape index (κ3) is 7.35. The van der Waals surface area contributed by atoms with Crippen LogP contribution in [0.4, 0.5) is 0 Å². The summed E-state index contributed by atoms with van der Waals surface area (Å²) < 4.78 is 6.52. The minimum absolute atomic E-state index is 0.0898. The van der Waals surface area contributed by atoms with E-state index in [9.17, 15) is 0 Å². The van der Waals surface area contributed by atoms with Crippen LogP contribution in [0.5, 0.6) is 0 Å². The molecule has 2 atom stereocenters. The summed E-state index contributed by atoms with van der Waals surface area (Å²) >= 11 is 0. The molecule has 172 valence electrons. The second-order valence-corrected chi connectivity index (χ2v) is 10.0. The number of hydrogen-bond donors (Lipinski definition) is 0. The zero-order chi connectivity index (χ0) is 23.8. The van der Waals surface area contributed by atoms with Crippen molar-refractivity contribution in [2.75, 3.05) is 0 Å². The average molecular weight is 431 g/mol. The first-order valence-corrected chi connectivity index (χ1v) is 11.8. The summed E-state index contributed by atoms with van der Waals surface area (Å²) in [5.74, 6) is 0. The molecule has 0 aromatic heterocycles. The van der Waals surface area contributed by atoms with Crippen molar-refractivity contribution in [2.45, 2.75) is 79.4 Å². The van der Waals surface area contributed by atoms with Crippen LogP contribution in [0.2, 0.25) is 0 Å². The molecule has 0 amide bonds. The number of ether oxygens (including phenoxy) is 1. The fraction of sp³-hybridized carbons (Fsp3) is 0.419. The predicted molar refractivity (Wildman–Crippen MR) is 142 cm³/mol. The van der Waals surface area contributed by atoms with E-state index >= 15 is 0 Å². The molecule has 1 heteroatoms. The summed E-state index contributed by atoms with van der Waals surface area (Å²) in [5, 5.41) is 0. The number of rotatable bonds is 8. The van der Waals surface area contributed by atoms with Gasteiger partial charge in [0.15, 0.2) is 0 Å². The number of allylic oxidation sites excluding steroid dienone is 14.